The first kappa shape index (κ1) is 37.4. The van der Waals surface area contributed by atoms with Gasteiger partial charge in [0.05, 0.1) is 21.7 Å². The molecule has 10 nitrogen and oxygen atoms in total. The molecule has 0 N–H and O–H groups in total. The quantitative estimate of drug-likeness (QED) is 0.192. The van der Waals surface area contributed by atoms with Crippen LogP contribution in [0.3, 0.4) is 0 Å². The lowest BCUT2D eigenvalue weighted by molar-refractivity contribution is -0.258. The molecular formula is C33H48BrNO9. The summed E-state index contributed by atoms with van der Waals surface area (Å²) in [6.07, 6.45) is -4.81. The molecule has 11 heteroatoms. The van der Waals surface area contributed by atoms with Crippen LogP contribution >= 0.6 is 15.9 Å². The van der Waals surface area contributed by atoms with Crippen molar-refractivity contribution in [2.24, 2.45) is 26.7 Å². The number of ether oxygens (including phenoxy) is 5. The Labute approximate surface area is 269 Å². The van der Waals surface area contributed by atoms with E-state index in [1.807, 2.05) is 24.3 Å². The van der Waals surface area contributed by atoms with Crippen LogP contribution in [0.1, 0.15) is 88.6 Å². The lowest BCUT2D eigenvalue weighted by Crippen LogP contribution is -2.63. The summed E-state index contributed by atoms with van der Waals surface area (Å²) in [7, 11) is 0. The van der Waals surface area contributed by atoms with Crippen molar-refractivity contribution in [1.82, 2.24) is 0 Å². The van der Waals surface area contributed by atoms with Crippen molar-refractivity contribution in [1.29, 1.82) is 0 Å². The third-order valence-corrected chi connectivity index (χ3v) is 7.15. The fourth-order valence-corrected chi connectivity index (χ4v) is 3.95. The average molecular weight is 683 g/mol. The second kappa shape index (κ2) is 14.1. The van der Waals surface area contributed by atoms with E-state index < -0.39 is 76.2 Å². The van der Waals surface area contributed by atoms with E-state index in [2.05, 4.69) is 20.9 Å². The van der Waals surface area contributed by atoms with Crippen LogP contribution in [0, 0.1) is 21.7 Å². The summed E-state index contributed by atoms with van der Waals surface area (Å²) < 4.78 is 30.6. The first-order valence-electron chi connectivity index (χ1n) is 14.7. The highest BCUT2D eigenvalue weighted by Gasteiger charge is 2.54. The van der Waals surface area contributed by atoms with Crippen molar-refractivity contribution in [2.75, 3.05) is 6.61 Å². The highest BCUT2D eigenvalue weighted by Crippen LogP contribution is 2.34. The van der Waals surface area contributed by atoms with Gasteiger partial charge in [-0.15, -0.1) is 0 Å². The Hall–Kier alpha value is -2.79. The van der Waals surface area contributed by atoms with Gasteiger partial charge in [0.1, 0.15) is 12.7 Å². The molecule has 0 unspecified atom stereocenters. The van der Waals surface area contributed by atoms with Gasteiger partial charge in [-0.05, 0) is 89.2 Å². The zero-order valence-corrected chi connectivity index (χ0v) is 29.6. The van der Waals surface area contributed by atoms with Crippen LogP contribution in [0.4, 0.5) is 0 Å². The van der Waals surface area contributed by atoms with Crippen LogP contribution in [0.2, 0.25) is 0 Å². The smallest absolute Gasteiger partial charge is 0.311 e. The van der Waals surface area contributed by atoms with Crippen molar-refractivity contribution in [3.05, 3.63) is 34.3 Å². The Balaban J connectivity index is 2.73. The number of aliphatic imine (C=N–C) groups is 1. The van der Waals surface area contributed by atoms with Crippen molar-refractivity contribution in [2.45, 2.75) is 114 Å². The number of nitrogens with zero attached hydrogens (tertiary/aromatic N) is 1. The molecule has 1 fully saturated rings. The predicted molar refractivity (Wildman–Crippen MR) is 169 cm³/mol. The Morgan fingerprint density at radius 1 is 0.705 bits per heavy atom. The van der Waals surface area contributed by atoms with Gasteiger partial charge in [0.15, 0.2) is 24.5 Å². The highest BCUT2D eigenvalue weighted by atomic mass is 79.9. The molecule has 0 spiro atoms. The van der Waals surface area contributed by atoms with Gasteiger partial charge in [-0.1, -0.05) is 34.1 Å². The summed E-state index contributed by atoms with van der Waals surface area (Å²) in [5, 5.41) is 0. The number of esters is 4. The standard InChI is InChI=1S/C33H48BrNO9/c1-30(2,3)26(36)40-18-21-22(42-27(37)31(4,5)6)23(43-28(38)32(7,8)9)24(44-29(39)33(10,11)12)25(41-21)35-17-19-15-13-14-16-20(19)34/h13-17,21-25H,18H2,1-12H3/b35-17+/t21-,22+,23+,24-,25-/m1/s1. The van der Waals surface area contributed by atoms with E-state index in [0.29, 0.717) is 5.56 Å². The van der Waals surface area contributed by atoms with Gasteiger partial charge in [-0.25, -0.2) is 0 Å². The summed E-state index contributed by atoms with van der Waals surface area (Å²) in [5.41, 5.74) is -2.97. The van der Waals surface area contributed by atoms with Gasteiger partial charge in [-0.2, -0.15) is 0 Å². The van der Waals surface area contributed by atoms with E-state index in [1.165, 1.54) is 6.21 Å². The molecule has 44 heavy (non-hydrogen) atoms. The van der Waals surface area contributed by atoms with Crippen LogP contribution in [-0.2, 0) is 42.9 Å². The number of halogens is 1. The molecular weight excluding hydrogens is 634 g/mol. The van der Waals surface area contributed by atoms with Gasteiger partial charge in [-0.3, -0.25) is 24.2 Å². The molecule has 246 valence electrons. The summed E-state index contributed by atoms with van der Waals surface area (Å²) in [6.45, 7) is 19.8. The number of hydrogen-bond donors (Lipinski definition) is 0. The van der Waals surface area contributed by atoms with Crippen LogP contribution in [0.5, 0.6) is 0 Å². The van der Waals surface area contributed by atoms with E-state index in [1.54, 1.807) is 83.1 Å². The molecule has 0 amide bonds. The normalized spacial score (nSPS) is 23.2. The SMILES string of the molecule is CC(C)(C)C(=O)OC[C@H]1O[C@@H](/N=C/c2ccccc2Br)[C@H](OC(=O)C(C)(C)C)[C@@H](OC(=O)C(C)(C)C)[C@H]1OC(=O)C(C)(C)C. The maximum absolute atomic E-state index is 13.4. The topological polar surface area (TPSA) is 127 Å². The number of rotatable bonds is 7. The van der Waals surface area contributed by atoms with E-state index in [0.717, 1.165) is 4.47 Å². The lowest BCUT2D eigenvalue weighted by atomic mass is 9.92. The Kier molecular flexibility index (Phi) is 12.0. The molecule has 2 rings (SSSR count). The van der Waals surface area contributed by atoms with Gasteiger partial charge in [0.25, 0.3) is 0 Å². The number of carbonyl (C=O) groups excluding carboxylic acids is 4. The summed E-state index contributed by atoms with van der Waals surface area (Å²) in [6, 6.07) is 7.34. The average Bonchev–Trinajstić information content (AvgIpc) is 2.87. The van der Waals surface area contributed by atoms with Crippen LogP contribution in [0.15, 0.2) is 33.7 Å². The fourth-order valence-electron chi connectivity index (χ4n) is 3.56. The number of carbonyl (C=O) groups is 4. The van der Waals surface area contributed by atoms with E-state index in [-0.39, 0.29) is 6.61 Å². The Morgan fingerprint density at radius 3 is 1.59 bits per heavy atom. The second-order valence-corrected chi connectivity index (χ2v) is 15.9. The fraction of sp³-hybridized carbons (Fsp3) is 0.667. The largest absolute Gasteiger partial charge is 0.462 e. The summed E-state index contributed by atoms with van der Waals surface area (Å²) in [5.74, 6) is -2.37. The molecule has 1 aromatic carbocycles. The molecule has 1 aromatic rings. The summed E-state index contributed by atoms with van der Waals surface area (Å²) in [4.78, 5) is 57.3. The first-order chi connectivity index (χ1) is 19.9. The first-order valence-corrected chi connectivity index (χ1v) is 15.5. The Morgan fingerprint density at radius 2 is 1.14 bits per heavy atom. The molecule has 0 radical (unpaired) electrons. The van der Waals surface area contributed by atoms with Crippen LogP contribution < -0.4 is 0 Å². The van der Waals surface area contributed by atoms with Crippen molar-refractivity contribution in [3.8, 4) is 0 Å². The molecule has 1 heterocycles. The molecule has 1 aliphatic rings. The van der Waals surface area contributed by atoms with Crippen LogP contribution in [-0.4, -0.2) is 67.3 Å². The van der Waals surface area contributed by atoms with Gasteiger partial charge in [0, 0.05) is 16.3 Å². The molecule has 0 saturated carbocycles. The minimum Gasteiger partial charge on any atom is -0.462 e. The molecule has 5 atom stereocenters. The van der Waals surface area contributed by atoms with Crippen molar-refractivity contribution >= 4 is 46.0 Å². The van der Waals surface area contributed by atoms with E-state index in [9.17, 15) is 19.2 Å². The third kappa shape index (κ3) is 10.4. The van der Waals surface area contributed by atoms with Crippen molar-refractivity contribution in [3.63, 3.8) is 0 Å². The van der Waals surface area contributed by atoms with E-state index >= 15 is 0 Å². The monoisotopic (exact) mass is 681 g/mol. The molecule has 0 aromatic heterocycles. The number of benzene rings is 1. The molecule has 1 aliphatic heterocycles. The molecule has 1 saturated heterocycles. The zero-order chi connectivity index (χ0) is 33.8. The van der Waals surface area contributed by atoms with Crippen LogP contribution in [0.25, 0.3) is 0 Å². The van der Waals surface area contributed by atoms with E-state index in [4.69, 9.17) is 23.7 Å². The van der Waals surface area contributed by atoms with Gasteiger partial charge in [0.2, 0.25) is 0 Å². The summed E-state index contributed by atoms with van der Waals surface area (Å²) >= 11 is 3.49. The lowest BCUT2D eigenvalue weighted by Gasteiger charge is -2.45. The molecule has 0 aliphatic carbocycles. The zero-order valence-electron chi connectivity index (χ0n) is 28.0. The highest BCUT2D eigenvalue weighted by molar-refractivity contribution is 9.10. The van der Waals surface area contributed by atoms with Crippen molar-refractivity contribution < 1.29 is 42.9 Å². The predicted octanol–water partition coefficient (Wildman–Crippen LogP) is 6.06. The minimum atomic E-state index is -1.35. The molecule has 0 bridgehead atoms. The second-order valence-electron chi connectivity index (χ2n) is 15.1. The third-order valence-electron chi connectivity index (χ3n) is 6.43. The maximum atomic E-state index is 13.4. The Bertz CT molecular complexity index is 1230. The number of hydrogen-bond acceptors (Lipinski definition) is 10. The van der Waals surface area contributed by atoms with Gasteiger partial charge < -0.3 is 23.7 Å². The minimum absolute atomic E-state index is 0.344. The maximum Gasteiger partial charge on any atom is 0.311 e. The van der Waals surface area contributed by atoms with Gasteiger partial charge >= 0.3 is 23.9 Å².